The number of pyridine rings is 1. The van der Waals surface area contributed by atoms with Crippen molar-refractivity contribution < 1.29 is 22.0 Å². The molecule has 2 aliphatic rings. The fourth-order valence-corrected chi connectivity index (χ4v) is 4.39. The molecule has 0 bridgehead atoms. The summed E-state index contributed by atoms with van der Waals surface area (Å²) in [6.07, 6.45) is -2.15. The van der Waals surface area contributed by atoms with Crippen LogP contribution in [-0.4, -0.2) is 36.6 Å². The third kappa shape index (κ3) is 3.61. The maximum atomic E-state index is 13.1. The molecule has 0 spiro atoms. The highest BCUT2D eigenvalue weighted by molar-refractivity contribution is 5.52. The highest BCUT2D eigenvalue weighted by Crippen LogP contribution is 2.42. The predicted octanol–water partition coefficient (Wildman–Crippen LogP) is 3.22. The summed E-state index contributed by atoms with van der Waals surface area (Å²) in [5, 5.41) is 4.19. The van der Waals surface area contributed by atoms with Crippen LogP contribution < -0.4 is 10.6 Å². The van der Waals surface area contributed by atoms with E-state index in [-0.39, 0.29) is 37.6 Å². The summed E-state index contributed by atoms with van der Waals surface area (Å²) in [6, 6.07) is 1.11. The van der Waals surface area contributed by atoms with E-state index in [4.69, 9.17) is 0 Å². The summed E-state index contributed by atoms with van der Waals surface area (Å²) < 4.78 is 67.8. The lowest BCUT2D eigenvalue weighted by Gasteiger charge is -2.34. The van der Waals surface area contributed by atoms with Gasteiger partial charge in [-0.25, -0.2) is 22.7 Å². The molecule has 1 fully saturated rings. The molecule has 7 nitrogen and oxygen atoms in total. The number of aromatic nitrogens is 5. The van der Waals surface area contributed by atoms with Gasteiger partial charge in [-0.2, -0.15) is 18.2 Å². The molecule has 3 aromatic heterocycles. The van der Waals surface area contributed by atoms with Crippen LogP contribution in [0.4, 0.5) is 27.8 Å². The first-order valence-corrected chi connectivity index (χ1v) is 10.1. The fourth-order valence-electron chi connectivity index (χ4n) is 4.39. The molecule has 0 saturated heterocycles. The summed E-state index contributed by atoms with van der Waals surface area (Å²) in [5.41, 5.74) is 0.481. The zero-order chi connectivity index (χ0) is 22.8. The molecule has 0 N–H and O–H groups in total. The van der Waals surface area contributed by atoms with Crippen LogP contribution in [0.2, 0.25) is 0 Å². The Balaban J connectivity index is 1.43. The van der Waals surface area contributed by atoms with Crippen molar-refractivity contribution in [1.82, 2.24) is 24.1 Å². The Morgan fingerprint density at radius 1 is 1.25 bits per heavy atom. The maximum absolute atomic E-state index is 13.1. The van der Waals surface area contributed by atoms with Gasteiger partial charge < -0.3 is 4.90 Å². The molecule has 3 aromatic rings. The highest BCUT2D eigenvalue weighted by Gasteiger charge is 2.45. The zero-order valence-electron chi connectivity index (χ0n) is 17.0. The first-order chi connectivity index (χ1) is 15.0. The van der Waals surface area contributed by atoms with Gasteiger partial charge in [0.25, 0.3) is 5.78 Å². The van der Waals surface area contributed by atoms with Crippen molar-refractivity contribution in [1.29, 1.82) is 0 Å². The van der Waals surface area contributed by atoms with E-state index in [2.05, 4.69) is 15.1 Å². The van der Waals surface area contributed by atoms with Crippen LogP contribution in [0.25, 0.3) is 5.78 Å². The Labute approximate surface area is 178 Å². The van der Waals surface area contributed by atoms with E-state index >= 15 is 0 Å². The first-order valence-electron chi connectivity index (χ1n) is 10.1. The van der Waals surface area contributed by atoms with Gasteiger partial charge in [-0.1, -0.05) is 0 Å². The van der Waals surface area contributed by atoms with E-state index in [1.165, 1.54) is 4.40 Å². The molecular weight excluding hydrogens is 435 g/mol. The third-order valence-corrected chi connectivity index (χ3v) is 6.01. The van der Waals surface area contributed by atoms with Gasteiger partial charge >= 0.3 is 11.9 Å². The quantitative estimate of drug-likeness (QED) is 0.569. The number of nitrogens with zero attached hydrogens (tertiary/aromatic N) is 6. The molecule has 170 valence electrons. The van der Waals surface area contributed by atoms with Gasteiger partial charge in [-0.3, -0.25) is 4.98 Å². The average molecular weight is 454 g/mol. The largest absolute Gasteiger partial charge is 0.417 e. The van der Waals surface area contributed by atoms with E-state index in [1.807, 2.05) is 4.90 Å². The van der Waals surface area contributed by atoms with Crippen molar-refractivity contribution in [3.8, 4) is 0 Å². The lowest BCUT2D eigenvalue weighted by atomic mass is 9.81. The first kappa shape index (κ1) is 20.8. The number of fused-ring (bicyclic) bond motifs is 2. The minimum absolute atomic E-state index is 0.0924. The number of aryl methyl sites for hydroxylation is 1. The summed E-state index contributed by atoms with van der Waals surface area (Å²) >= 11 is 0. The van der Waals surface area contributed by atoms with Crippen molar-refractivity contribution >= 4 is 11.6 Å². The molecule has 0 unspecified atom stereocenters. The summed E-state index contributed by atoms with van der Waals surface area (Å²) in [4.78, 5) is 22.9. The van der Waals surface area contributed by atoms with Crippen molar-refractivity contribution in [3.05, 3.63) is 51.3 Å². The van der Waals surface area contributed by atoms with Crippen molar-refractivity contribution in [3.63, 3.8) is 0 Å². The van der Waals surface area contributed by atoms with E-state index in [9.17, 15) is 26.7 Å². The SMILES string of the molecule is Cc1cn2c(=O)n(CC3CC(F)(F)C3)nc2nc1N1CCc2ncc(C(F)(F)F)cc2C1. The van der Waals surface area contributed by atoms with Crippen LogP contribution in [0.15, 0.2) is 23.3 Å². The molecule has 1 aliphatic carbocycles. The van der Waals surface area contributed by atoms with Crippen molar-refractivity contribution in [2.45, 2.75) is 51.4 Å². The maximum Gasteiger partial charge on any atom is 0.417 e. The van der Waals surface area contributed by atoms with Gasteiger partial charge in [0.15, 0.2) is 0 Å². The Kier molecular flexibility index (Phi) is 4.54. The van der Waals surface area contributed by atoms with Gasteiger partial charge in [0, 0.05) is 62.5 Å². The molecule has 12 heteroatoms. The second-order valence-electron chi connectivity index (χ2n) is 8.51. The van der Waals surface area contributed by atoms with Crippen LogP contribution in [0.1, 0.15) is 35.2 Å². The monoisotopic (exact) mass is 454 g/mol. The fraction of sp³-hybridized carbons (Fsp3) is 0.500. The number of halogens is 5. The molecule has 1 aliphatic heterocycles. The van der Waals surface area contributed by atoms with Gasteiger partial charge in [0.1, 0.15) is 5.82 Å². The lowest BCUT2D eigenvalue weighted by Crippen LogP contribution is -2.39. The lowest BCUT2D eigenvalue weighted by molar-refractivity contribution is -0.137. The molecular formula is C20H19F5N6O. The van der Waals surface area contributed by atoms with E-state index in [0.717, 1.165) is 16.9 Å². The molecule has 0 amide bonds. The van der Waals surface area contributed by atoms with Gasteiger partial charge in [-0.15, -0.1) is 5.10 Å². The van der Waals surface area contributed by atoms with Crippen LogP contribution >= 0.6 is 0 Å². The normalized spacial score (nSPS) is 18.6. The van der Waals surface area contributed by atoms with Gasteiger partial charge in [0.2, 0.25) is 5.92 Å². The smallest absolute Gasteiger partial charge is 0.351 e. The van der Waals surface area contributed by atoms with Gasteiger partial charge in [-0.05, 0) is 24.5 Å². The van der Waals surface area contributed by atoms with E-state index < -0.39 is 23.4 Å². The minimum atomic E-state index is -4.48. The Hall–Kier alpha value is -3.05. The Morgan fingerprint density at radius 2 is 2.00 bits per heavy atom. The topological polar surface area (TPSA) is 68.3 Å². The van der Waals surface area contributed by atoms with Crippen LogP contribution in [0.3, 0.4) is 0 Å². The molecule has 32 heavy (non-hydrogen) atoms. The number of alkyl halides is 5. The second kappa shape index (κ2) is 6.97. The number of anilines is 1. The minimum Gasteiger partial charge on any atom is -0.351 e. The van der Waals surface area contributed by atoms with Crippen LogP contribution in [0, 0.1) is 12.8 Å². The van der Waals surface area contributed by atoms with Crippen LogP contribution in [-0.2, 0) is 25.7 Å². The number of hydrogen-bond donors (Lipinski definition) is 0. The van der Waals surface area contributed by atoms with Crippen molar-refractivity contribution in [2.75, 3.05) is 11.4 Å². The van der Waals surface area contributed by atoms with Crippen molar-refractivity contribution in [2.24, 2.45) is 5.92 Å². The Bertz CT molecular complexity index is 1260. The molecule has 0 radical (unpaired) electrons. The van der Waals surface area contributed by atoms with E-state index in [0.29, 0.717) is 35.6 Å². The summed E-state index contributed by atoms with van der Waals surface area (Å²) in [5.74, 6) is -2.37. The Morgan fingerprint density at radius 3 is 2.69 bits per heavy atom. The second-order valence-corrected chi connectivity index (χ2v) is 8.51. The number of rotatable bonds is 3. The standard InChI is InChI=1S/C20H19F5N6O/c1-11-8-30-17(28-31(18(30)32)9-12-5-19(21,22)6-12)27-16(11)29-3-2-15-13(10-29)4-14(7-26-15)20(23,24)25/h4,7-8,12H,2-3,5-6,9-10H2,1H3. The molecule has 0 aromatic carbocycles. The molecule has 4 heterocycles. The highest BCUT2D eigenvalue weighted by atomic mass is 19.4. The molecule has 0 atom stereocenters. The summed E-state index contributed by atoms with van der Waals surface area (Å²) in [6.45, 7) is 2.53. The average Bonchev–Trinajstić information content (AvgIpc) is 2.99. The predicted molar refractivity (Wildman–Crippen MR) is 104 cm³/mol. The number of hydrogen-bond acceptors (Lipinski definition) is 5. The molecule has 1 saturated carbocycles. The van der Waals surface area contributed by atoms with Gasteiger partial charge in [0.05, 0.1) is 5.56 Å². The van der Waals surface area contributed by atoms with Crippen LogP contribution in [0.5, 0.6) is 0 Å². The third-order valence-electron chi connectivity index (χ3n) is 6.01. The zero-order valence-corrected chi connectivity index (χ0v) is 17.0. The molecule has 5 rings (SSSR count). The summed E-state index contributed by atoms with van der Waals surface area (Å²) in [7, 11) is 0. The van der Waals surface area contributed by atoms with E-state index in [1.54, 1.807) is 13.1 Å².